The van der Waals surface area contributed by atoms with Crippen LogP contribution in [0.4, 0.5) is 0 Å². The minimum absolute atomic E-state index is 0.0594. The van der Waals surface area contributed by atoms with E-state index in [1.807, 2.05) is 0 Å². The van der Waals surface area contributed by atoms with E-state index in [0.717, 1.165) is 6.54 Å². The second kappa shape index (κ2) is 4.20. The van der Waals surface area contributed by atoms with Crippen molar-refractivity contribution in [3.63, 3.8) is 0 Å². The van der Waals surface area contributed by atoms with E-state index < -0.39 is 0 Å². The van der Waals surface area contributed by atoms with E-state index in [1.54, 1.807) is 12.3 Å². The van der Waals surface area contributed by atoms with Crippen LogP contribution in [-0.4, -0.2) is 22.6 Å². The van der Waals surface area contributed by atoms with Gasteiger partial charge in [-0.1, -0.05) is 24.3 Å². The van der Waals surface area contributed by atoms with Gasteiger partial charge in [0.15, 0.2) is 0 Å². The van der Waals surface area contributed by atoms with Gasteiger partial charge in [0.25, 0.3) is 5.91 Å². The molecule has 0 aliphatic heterocycles. The van der Waals surface area contributed by atoms with Crippen LogP contribution in [0.2, 0.25) is 0 Å². The molecule has 1 fully saturated rings. The Balaban J connectivity index is 1.43. The average molecular weight is 267 g/mol. The quantitative estimate of drug-likeness (QED) is 0.894. The molecule has 1 aromatic heterocycles. The lowest BCUT2D eigenvalue weighted by atomic mass is 9.95. The largest absolute Gasteiger partial charge is 0.350 e. The van der Waals surface area contributed by atoms with E-state index in [-0.39, 0.29) is 5.91 Å². The summed E-state index contributed by atoms with van der Waals surface area (Å²) in [5.41, 5.74) is 3.89. The predicted molar refractivity (Wildman–Crippen MR) is 75.5 cm³/mol. The molecule has 0 saturated heterocycles. The monoisotopic (exact) mass is 267 g/mol. The molecule has 0 radical (unpaired) electrons. The Kier molecular flexibility index (Phi) is 2.46. The number of fused-ring (bicyclic) bond motifs is 2. The van der Waals surface area contributed by atoms with Crippen molar-refractivity contribution >= 4 is 5.91 Å². The molecule has 1 spiro atoms. The normalized spacial score (nSPS) is 26.5. The first-order valence-corrected chi connectivity index (χ1v) is 7.15. The number of carbonyl (C=O) groups excluding carboxylic acids is 1. The smallest absolute Gasteiger partial charge is 0.269 e. The summed E-state index contributed by atoms with van der Waals surface area (Å²) in [6, 6.07) is 10.4. The van der Waals surface area contributed by atoms with Crippen LogP contribution in [-0.2, 0) is 11.8 Å². The molecule has 2 aliphatic rings. The third-order valence-electron chi connectivity index (χ3n) is 4.88. The summed E-state index contributed by atoms with van der Waals surface area (Å²) in [6.45, 7) is 0.756. The highest BCUT2D eigenvalue weighted by molar-refractivity contribution is 5.92. The molecule has 2 N–H and O–H groups in total. The number of aryl methyl sites for hydroxylation is 1. The van der Waals surface area contributed by atoms with Gasteiger partial charge in [-0.25, -0.2) is 0 Å². The van der Waals surface area contributed by atoms with Gasteiger partial charge in [0.1, 0.15) is 5.69 Å². The molecule has 2 aliphatic carbocycles. The second-order valence-corrected chi connectivity index (χ2v) is 5.89. The first-order valence-electron chi connectivity index (χ1n) is 7.15. The lowest BCUT2D eigenvalue weighted by molar-refractivity contribution is 0.0946. The van der Waals surface area contributed by atoms with Gasteiger partial charge in [0.2, 0.25) is 0 Å². The van der Waals surface area contributed by atoms with Gasteiger partial charge in [-0.15, -0.1) is 0 Å². The van der Waals surface area contributed by atoms with Crippen molar-refractivity contribution in [3.05, 3.63) is 53.3 Å². The van der Waals surface area contributed by atoms with Crippen molar-refractivity contribution in [3.8, 4) is 0 Å². The number of amides is 1. The number of nitrogens with one attached hydrogen (secondary N) is 2. The number of aromatic amines is 1. The zero-order valence-corrected chi connectivity index (χ0v) is 11.2. The highest BCUT2D eigenvalue weighted by Gasteiger charge is 2.57. The number of benzene rings is 1. The summed E-state index contributed by atoms with van der Waals surface area (Å²) in [5.74, 6) is 0.522. The maximum atomic E-state index is 11.9. The van der Waals surface area contributed by atoms with Crippen LogP contribution in [0.1, 0.15) is 34.5 Å². The molecular formula is C16H17N3O. The lowest BCUT2D eigenvalue weighted by Crippen LogP contribution is -2.27. The standard InChI is InChI=1S/C16H17N3O/c20-15(14-6-8-18-19-14)17-10-12-9-16(12)7-5-11-3-1-2-4-13(11)16/h1-4,6,8,12H,5,7,9-10H2,(H,17,20)(H,18,19)/t12-,16+/m1/s1. The molecule has 1 saturated carbocycles. The topological polar surface area (TPSA) is 57.8 Å². The Bertz CT molecular complexity index is 650. The van der Waals surface area contributed by atoms with Crippen LogP contribution in [0.15, 0.2) is 36.5 Å². The summed E-state index contributed by atoms with van der Waals surface area (Å²) in [6.07, 6.45) is 5.21. The number of nitrogens with zero attached hydrogens (tertiary/aromatic N) is 1. The van der Waals surface area contributed by atoms with Gasteiger partial charge in [-0.3, -0.25) is 9.89 Å². The summed E-state index contributed by atoms with van der Waals surface area (Å²) in [4.78, 5) is 11.9. The van der Waals surface area contributed by atoms with Crippen molar-refractivity contribution in [2.45, 2.75) is 24.7 Å². The van der Waals surface area contributed by atoms with E-state index >= 15 is 0 Å². The number of hydrogen-bond acceptors (Lipinski definition) is 2. The Hall–Kier alpha value is -2.10. The summed E-state index contributed by atoms with van der Waals surface area (Å²) < 4.78 is 0. The predicted octanol–water partition coefficient (Wildman–Crippen LogP) is 2.04. The zero-order chi connectivity index (χ0) is 13.6. The first kappa shape index (κ1) is 11.7. The van der Waals surface area contributed by atoms with Crippen LogP contribution < -0.4 is 5.32 Å². The molecule has 1 aromatic carbocycles. The van der Waals surface area contributed by atoms with E-state index in [0.29, 0.717) is 17.0 Å². The minimum Gasteiger partial charge on any atom is -0.350 e. The van der Waals surface area contributed by atoms with Gasteiger partial charge >= 0.3 is 0 Å². The van der Waals surface area contributed by atoms with Gasteiger partial charge in [0, 0.05) is 18.2 Å². The average Bonchev–Trinajstić information content (AvgIpc) is 2.83. The Morgan fingerprint density at radius 2 is 2.30 bits per heavy atom. The number of aromatic nitrogens is 2. The highest BCUT2D eigenvalue weighted by atomic mass is 16.1. The summed E-state index contributed by atoms with van der Waals surface area (Å²) in [7, 11) is 0. The lowest BCUT2D eigenvalue weighted by Gasteiger charge is -2.11. The molecule has 2 atom stereocenters. The Morgan fingerprint density at radius 1 is 1.40 bits per heavy atom. The number of rotatable bonds is 3. The van der Waals surface area contributed by atoms with E-state index in [9.17, 15) is 4.79 Å². The molecule has 0 unspecified atom stereocenters. The fourth-order valence-corrected chi connectivity index (χ4v) is 3.69. The number of H-pyrrole nitrogens is 1. The van der Waals surface area contributed by atoms with Crippen LogP contribution in [0.25, 0.3) is 0 Å². The van der Waals surface area contributed by atoms with Crippen LogP contribution in [0.5, 0.6) is 0 Å². The van der Waals surface area contributed by atoms with Gasteiger partial charge < -0.3 is 5.32 Å². The number of hydrogen-bond donors (Lipinski definition) is 2. The molecule has 4 heteroatoms. The SMILES string of the molecule is O=C(NC[C@H]1C[C@@]12CCc1ccccc12)c1ccn[nH]1. The zero-order valence-electron chi connectivity index (χ0n) is 11.2. The van der Waals surface area contributed by atoms with Crippen molar-refractivity contribution in [1.82, 2.24) is 15.5 Å². The molecule has 4 rings (SSSR count). The summed E-state index contributed by atoms with van der Waals surface area (Å²) in [5, 5.41) is 9.52. The van der Waals surface area contributed by atoms with Crippen molar-refractivity contribution in [2.24, 2.45) is 5.92 Å². The van der Waals surface area contributed by atoms with E-state index in [2.05, 4.69) is 39.8 Å². The first-order chi connectivity index (χ1) is 9.79. The van der Waals surface area contributed by atoms with Gasteiger partial charge in [-0.2, -0.15) is 5.10 Å². The van der Waals surface area contributed by atoms with Crippen molar-refractivity contribution in [2.75, 3.05) is 6.54 Å². The molecular weight excluding hydrogens is 250 g/mol. The molecule has 0 bridgehead atoms. The van der Waals surface area contributed by atoms with Gasteiger partial charge in [0.05, 0.1) is 0 Å². The molecule has 1 amide bonds. The van der Waals surface area contributed by atoms with E-state index in [4.69, 9.17) is 0 Å². The Labute approximate surface area is 117 Å². The second-order valence-electron chi connectivity index (χ2n) is 5.89. The molecule has 2 aromatic rings. The van der Waals surface area contributed by atoms with Crippen LogP contribution in [0, 0.1) is 5.92 Å². The third kappa shape index (κ3) is 1.68. The maximum Gasteiger partial charge on any atom is 0.269 e. The highest BCUT2D eigenvalue weighted by Crippen LogP contribution is 2.61. The number of carbonyl (C=O) groups is 1. The van der Waals surface area contributed by atoms with Crippen molar-refractivity contribution in [1.29, 1.82) is 0 Å². The third-order valence-corrected chi connectivity index (χ3v) is 4.88. The van der Waals surface area contributed by atoms with E-state index in [1.165, 1.54) is 30.4 Å². The van der Waals surface area contributed by atoms with Gasteiger partial charge in [-0.05, 0) is 42.4 Å². The van der Waals surface area contributed by atoms with Crippen molar-refractivity contribution < 1.29 is 4.79 Å². The minimum atomic E-state index is -0.0594. The molecule has 4 nitrogen and oxygen atoms in total. The molecule has 1 heterocycles. The maximum absolute atomic E-state index is 11.9. The molecule has 20 heavy (non-hydrogen) atoms. The Morgan fingerprint density at radius 3 is 3.15 bits per heavy atom. The summed E-state index contributed by atoms with van der Waals surface area (Å²) >= 11 is 0. The fraction of sp³-hybridized carbons (Fsp3) is 0.375. The van der Waals surface area contributed by atoms with Crippen LogP contribution >= 0.6 is 0 Å². The van der Waals surface area contributed by atoms with Crippen LogP contribution in [0.3, 0.4) is 0 Å². The molecule has 102 valence electrons. The fourth-order valence-electron chi connectivity index (χ4n) is 3.69.